The molecule has 0 unspecified atom stereocenters. The maximum absolute atomic E-state index is 13.3. The van der Waals surface area contributed by atoms with E-state index in [4.69, 9.17) is 18.6 Å². The van der Waals surface area contributed by atoms with Gasteiger partial charge in [-0.1, -0.05) is 30.3 Å². The molecule has 1 atom stereocenters. The van der Waals surface area contributed by atoms with Crippen LogP contribution in [0.5, 0.6) is 11.5 Å². The van der Waals surface area contributed by atoms with Crippen LogP contribution in [-0.4, -0.2) is 30.8 Å². The Kier molecular flexibility index (Phi) is 7.20. The lowest BCUT2D eigenvalue weighted by Gasteiger charge is -2.23. The average Bonchev–Trinajstić information content (AvgIpc) is 2.85. The lowest BCUT2D eigenvalue weighted by atomic mass is 10.0. The van der Waals surface area contributed by atoms with Crippen LogP contribution in [0.2, 0.25) is 0 Å². The molecule has 4 rings (SSSR count). The number of carbonyl (C=O) groups is 2. The largest absolute Gasteiger partial charge is 0.497 e. The van der Waals surface area contributed by atoms with Crippen LogP contribution in [-0.2, 0) is 16.0 Å². The highest BCUT2D eigenvalue weighted by atomic mass is 16.6. The van der Waals surface area contributed by atoms with Crippen molar-refractivity contribution in [3.8, 4) is 11.5 Å². The Labute approximate surface area is 214 Å². The van der Waals surface area contributed by atoms with E-state index in [0.29, 0.717) is 33.1 Å². The van der Waals surface area contributed by atoms with Crippen LogP contribution in [0.25, 0.3) is 21.7 Å². The topological polar surface area (TPSA) is 104 Å². The number of hydrogen-bond donors (Lipinski definition) is 1. The molecular weight excluding hydrogens is 474 g/mol. The normalized spacial score (nSPS) is 12.2. The summed E-state index contributed by atoms with van der Waals surface area (Å²) in [6.07, 6.45) is -0.527. The van der Waals surface area contributed by atoms with Crippen molar-refractivity contribution in [3.63, 3.8) is 0 Å². The van der Waals surface area contributed by atoms with Gasteiger partial charge in [0.15, 0.2) is 0 Å². The van der Waals surface area contributed by atoms with Gasteiger partial charge in [-0.3, -0.25) is 0 Å². The zero-order valence-electron chi connectivity index (χ0n) is 21.4. The first-order chi connectivity index (χ1) is 17.6. The van der Waals surface area contributed by atoms with Crippen LogP contribution < -0.4 is 20.4 Å². The minimum absolute atomic E-state index is 0.201. The van der Waals surface area contributed by atoms with Crippen molar-refractivity contribution in [2.45, 2.75) is 45.8 Å². The highest BCUT2D eigenvalue weighted by Gasteiger charge is 2.27. The van der Waals surface area contributed by atoms with Crippen LogP contribution in [0.3, 0.4) is 0 Å². The van der Waals surface area contributed by atoms with Crippen molar-refractivity contribution in [2.24, 2.45) is 0 Å². The van der Waals surface area contributed by atoms with E-state index < -0.39 is 29.3 Å². The maximum Gasteiger partial charge on any atom is 0.408 e. The highest BCUT2D eigenvalue weighted by molar-refractivity contribution is 6.06. The Balaban J connectivity index is 1.66. The summed E-state index contributed by atoms with van der Waals surface area (Å²) in [4.78, 5) is 38.4. The number of aryl methyl sites for hydroxylation is 1. The Hall–Kier alpha value is -4.33. The van der Waals surface area contributed by atoms with Gasteiger partial charge in [0.2, 0.25) is 0 Å². The number of nitrogens with one attached hydrogen (secondary N) is 1. The van der Waals surface area contributed by atoms with Crippen molar-refractivity contribution < 1.29 is 28.2 Å². The molecule has 0 saturated heterocycles. The van der Waals surface area contributed by atoms with E-state index in [0.717, 1.165) is 5.56 Å². The number of esters is 1. The summed E-state index contributed by atoms with van der Waals surface area (Å²) in [6.45, 7) is 6.92. The molecule has 0 fully saturated rings. The number of fused-ring (bicyclic) bond motifs is 3. The van der Waals surface area contributed by atoms with Crippen LogP contribution in [0.1, 0.15) is 31.9 Å². The van der Waals surface area contributed by atoms with Crippen LogP contribution in [0.15, 0.2) is 69.9 Å². The van der Waals surface area contributed by atoms with E-state index in [1.807, 2.05) is 30.3 Å². The number of ether oxygens (including phenoxy) is 3. The number of carbonyl (C=O) groups excluding carboxylic acids is 2. The molecule has 0 spiro atoms. The molecule has 0 saturated carbocycles. The predicted molar refractivity (Wildman–Crippen MR) is 140 cm³/mol. The molecular formula is C29H29NO7. The summed E-state index contributed by atoms with van der Waals surface area (Å²) < 4.78 is 21.9. The quantitative estimate of drug-likeness (QED) is 0.165. The number of alkyl carbamates (subject to hydrolysis) is 1. The molecule has 192 valence electrons. The lowest BCUT2D eigenvalue weighted by Crippen LogP contribution is -2.46. The zero-order valence-corrected chi connectivity index (χ0v) is 21.4. The lowest BCUT2D eigenvalue weighted by molar-refractivity contribution is -0.136. The average molecular weight is 504 g/mol. The maximum atomic E-state index is 13.3. The minimum atomic E-state index is -1.01. The Bertz CT molecular complexity index is 1520. The van der Waals surface area contributed by atoms with Crippen molar-refractivity contribution in [1.29, 1.82) is 0 Å². The number of methoxy groups -OCH3 is 1. The molecule has 8 heteroatoms. The molecule has 8 nitrogen and oxygen atoms in total. The van der Waals surface area contributed by atoms with Crippen molar-refractivity contribution >= 4 is 33.8 Å². The summed E-state index contributed by atoms with van der Waals surface area (Å²) >= 11 is 0. The molecule has 0 bridgehead atoms. The minimum Gasteiger partial charge on any atom is -0.497 e. The summed E-state index contributed by atoms with van der Waals surface area (Å²) in [5, 5.41) is 4.40. The van der Waals surface area contributed by atoms with Crippen LogP contribution >= 0.6 is 0 Å². The van der Waals surface area contributed by atoms with E-state index in [9.17, 15) is 14.4 Å². The first-order valence-corrected chi connectivity index (χ1v) is 11.8. The number of hydrogen-bond acceptors (Lipinski definition) is 7. The van der Waals surface area contributed by atoms with Gasteiger partial charge in [-0.15, -0.1) is 0 Å². The monoisotopic (exact) mass is 503 g/mol. The van der Waals surface area contributed by atoms with Gasteiger partial charge >= 0.3 is 17.7 Å². The van der Waals surface area contributed by atoms with E-state index in [1.165, 1.54) is 7.11 Å². The Morgan fingerprint density at radius 1 is 0.973 bits per heavy atom. The SMILES string of the molecule is COc1ccc2c(c1)c(=O)oc1c(C)c(OC(=O)[C@H](Cc3ccccc3)NC(=O)OC(C)(C)C)ccc12. The van der Waals surface area contributed by atoms with Gasteiger partial charge in [0.1, 0.15) is 28.7 Å². The van der Waals surface area contributed by atoms with Gasteiger partial charge in [0.25, 0.3) is 0 Å². The van der Waals surface area contributed by atoms with E-state index in [2.05, 4.69) is 5.32 Å². The zero-order chi connectivity index (χ0) is 26.7. The Morgan fingerprint density at radius 2 is 1.68 bits per heavy atom. The second-order valence-electron chi connectivity index (χ2n) is 9.68. The van der Waals surface area contributed by atoms with Crippen LogP contribution in [0, 0.1) is 6.92 Å². The van der Waals surface area contributed by atoms with E-state index in [1.54, 1.807) is 58.0 Å². The molecule has 0 aliphatic heterocycles. The van der Waals surface area contributed by atoms with Crippen molar-refractivity contribution in [3.05, 3.63) is 82.2 Å². The van der Waals surface area contributed by atoms with Gasteiger partial charge in [0, 0.05) is 22.8 Å². The third-order valence-corrected chi connectivity index (χ3v) is 5.76. The second kappa shape index (κ2) is 10.3. The van der Waals surface area contributed by atoms with Crippen molar-refractivity contribution in [1.82, 2.24) is 5.32 Å². The molecule has 0 aliphatic carbocycles. The van der Waals surface area contributed by atoms with Crippen LogP contribution in [0.4, 0.5) is 4.79 Å². The summed E-state index contributed by atoms with van der Waals surface area (Å²) in [5.74, 6) is 0.0889. The molecule has 1 amide bonds. The molecule has 0 radical (unpaired) electrons. The smallest absolute Gasteiger partial charge is 0.408 e. The number of rotatable bonds is 6. The molecule has 1 N–H and O–H groups in total. The molecule has 37 heavy (non-hydrogen) atoms. The second-order valence-corrected chi connectivity index (χ2v) is 9.68. The Morgan fingerprint density at radius 3 is 2.35 bits per heavy atom. The molecule has 1 heterocycles. The summed E-state index contributed by atoms with van der Waals surface area (Å²) in [7, 11) is 1.53. The predicted octanol–water partition coefficient (Wildman–Crippen LogP) is 5.30. The third kappa shape index (κ3) is 5.91. The van der Waals surface area contributed by atoms with Gasteiger partial charge < -0.3 is 23.9 Å². The van der Waals surface area contributed by atoms with E-state index >= 15 is 0 Å². The highest BCUT2D eigenvalue weighted by Crippen LogP contribution is 2.32. The van der Waals surface area contributed by atoms with Crippen molar-refractivity contribution in [2.75, 3.05) is 7.11 Å². The first-order valence-electron chi connectivity index (χ1n) is 11.8. The molecule has 4 aromatic rings. The summed E-state index contributed by atoms with van der Waals surface area (Å²) in [6, 6.07) is 16.8. The molecule has 3 aromatic carbocycles. The fourth-order valence-corrected chi connectivity index (χ4v) is 4.00. The van der Waals surface area contributed by atoms with Gasteiger partial charge in [0.05, 0.1) is 12.5 Å². The standard InChI is InChI=1S/C29H29NO7/c1-17-24(14-13-21-20-12-11-19(34-5)16-22(20)26(31)36-25(17)21)35-27(32)23(15-18-9-7-6-8-10-18)30-28(33)37-29(2,3)4/h6-14,16,23H,15H2,1-5H3,(H,30,33)/t23-/m0/s1. The fourth-order valence-electron chi connectivity index (χ4n) is 4.00. The van der Waals surface area contributed by atoms with Gasteiger partial charge in [-0.25, -0.2) is 14.4 Å². The van der Waals surface area contributed by atoms with Gasteiger partial charge in [-0.05, 0) is 63.6 Å². The van der Waals surface area contributed by atoms with E-state index in [-0.39, 0.29) is 12.2 Å². The number of benzene rings is 3. The van der Waals surface area contributed by atoms with Gasteiger partial charge in [-0.2, -0.15) is 0 Å². The molecule has 0 aliphatic rings. The third-order valence-electron chi connectivity index (χ3n) is 5.76. The first kappa shape index (κ1) is 25.8. The summed E-state index contributed by atoms with van der Waals surface area (Å²) in [5.41, 5.74) is 0.374. The number of amides is 1. The molecule has 1 aromatic heterocycles. The fraction of sp³-hybridized carbons (Fsp3) is 0.276.